The molecule has 14 heteroatoms. The van der Waals surface area contributed by atoms with Gasteiger partial charge < -0.3 is 47.7 Å². The van der Waals surface area contributed by atoms with Crippen molar-refractivity contribution < 1.29 is 47.5 Å². The van der Waals surface area contributed by atoms with E-state index in [9.17, 15) is 9.59 Å². The zero-order chi connectivity index (χ0) is 41.3. The van der Waals surface area contributed by atoms with Gasteiger partial charge in [-0.05, 0) is 86.6 Å². The Bertz CT molecular complexity index is 1950. The smallest absolute Gasteiger partial charge is 0.331 e. The number of esters is 2. The minimum Gasteiger partial charge on any atom is -0.496 e. The summed E-state index contributed by atoms with van der Waals surface area (Å²) in [6.45, 7) is 2.31. The highest BCUT2D eigenvalue weighted by Gasteiger charge is 2.32. The molecule has 58 heavy (non-hydrogen) atoms. The summed E-state index contributed by atoms with van der Waals surface area (Å²) in [5, 5.41) is 1.07. The lowest BCUT2D eigenvalue weighted by atomic mass is 9.99. The minimum absolute atomic E-state index is 0.121. The maximum absolute atomic E-state index is 13.5. The van der Waals surface area contributed by atoms with Crippen molar-refractivity contribution in [3.63, 3.8) is 0 Å². The fourth-order valence-electron chi connectivity index (χ4n) is 7.36. The molecular weight excluding hydrogens is 787 g/mol. The number of carbonyl (C=O) groups excluding carboxylic acids is 2. The normalized spacial score (nSPS) is 17.0. The molecule has 0 radical (unpaired) electrons. The number of hydrogen-bond acceptors (Lipinski definition) is 12. The number of fused-ring (bicyclic) bond motifs is 2. The van der Waals surface area contributed by atoms with Crippen molar-refractivity contribution in [1.29, 1.82) is 0 Å². The van der Waals surface area contributed by atoms with Crippen molar-refractivity contribution in [3.8, 4) is 34.5 Å². The monoisotopic (exact) mass is 834 g/mol. The number of ether oxygens (including phenoxy) is 8. The number of methoxy groups -OCH3 is 4. The molecule has 0 N–H and O–H groups in total. The molecule has 0 amide bonds. The maximum atomic E-state index is 13.5. The van der Waals surface area contributed by atoms with E-state index in [-0.39, 0.29) is 13.2 Å². The first kappa shape index (κ1) is 42.5. The molecule has 0 saturated carbocycles. The lowest BCUT2D eigenvalue weighted by molar-refractivity contribution is -0.147. The third-order valence-corrected chi connectivity index (χ3v) is 11.0. The molecule has 2 atom stereocenters. The largest absolute Gasteiger partial charge is 0.496 e. The maximum Gasteiger partial charge on any atom is 0.331 e. The van der Waals surface area contributed by atoms with E-state index >= 15 is 0 Å². The predicted molar refractivity (Wildman–Crippen MR) is 220 cm³/mol. The Morgan fingerprint density at radius 3 is 1.29 bits per heavy atom. The summed E-state index contributed by atoms with van der Waals surface area (Å²) in [5.74, 6) is 1.96. The van der Waals surface area contributed by atoms with Gasteiger partial charge in [0.15, 0.2) is 0 Å². The lowest BCUT2D eigenvalue weighted by Gasteiger charge is -2.24. The number of hydrogen-bond donors (Lipinski definition) is 0. The summed E-state index contributed by atoms with van der Waals surface area (Å²) in [6.07, 6.45) is 1.82. The van der Waals surface area contributed by atoms with Gasteiger partial charge in [0.25, 0.3) is 0 Å². The number of nitrogens with zero attached hydrogens (tertiary/aromatic N) is 2. The molecule has 0 saturated heterocycles. The summed E-state index contributed by atoms with van der Waals surface area (Å²) in [6, 6.07) is 18.1. The Morgan fingerprint density at radius 2 is 0.948 bits per heavy atom. The molecule has 2 aliphatic heterocycles. The first-order chi connectivity index (χ1) is 28.0. The average Bonchev–Trinajstić information content (AvgIpc) is 3.50. The number of carbonyl (C=O) groups is 2. The van der Waals surface area contributed by atoms with Gasteiger partial charge >= 0.3 is 11.9 Å². The van der Waals surface area contributed by atoms with E-state index < -0.39 is 24.1 Å². The molecule has 0 fully saturated rings. The number of rotatable bonds is 14. The number of likely N-dealkylation sites (N-methyl/N-ethyl adjacent to an activating group) is 2. The van der Waals surface area contributed by atoms with Crippen LogP contribution >= 0.6 is 23.2 Å². The van der Waals surface area contributed by atoms with Crippen molar-refractivity contribution in [1.82, 2.24) is 9.80 Å². The van der Waals surface area contributed by atoms with Crippen LogP contribution in [0.2, 0.25) is 10.0 Å². The van der Waals surface area contributed by atoms with Gasteiger partial charge in [0.05, 0.1) is 39.6 Å². The van der Waals surface area contributed by atoms with Gasteiger partial charge in [-0.2, -0.15) is 0 Å². The summed E-state index contributed by atoms with van der Waals surface area (Å²) in [5.41, 5.74) is 4.38. The minimum atomic E-state index is -0.768. The molecule has 0 spiro atoms. The molecule has 2 unspecified atom stereocenters. The zero-order valence-electron chi connectivity index (χ0n) is 33.5. The second kappa shape index (κ2) is 19.5. The standard InChI is InChI=1S/C44H48Cl2N2O10/c1-47-21-19-27-31(45)13-15-37(55-25-29-33(51-3)9-7-10-34(29)52-4)43(27)39(23-47)57-41(49)17-18-42(50)58-40-24-48(2)22-20-28-32(46)14-16-38(44(28)40)56-26-30-35(53-5)11-8-12-36(30)54-6/h7-18,39-40H,19-26H2,1-6H3/b18-17-. The first-order valence-corrected chi connectivity index (χ1v) is 19.5. The molecule has 6 rings (SSSR count). The van der Waals surface area contributed by atoms with Crippen LogP contribution in [-0.2, 0) is 45.1 Å². The second-order valence-electron chi connectivity index (χ2n) is 13.9. The molecular formula is C44H48Cl2N2O10. The highest BCUT2D eigenvalue weighted by Crippen LogP contribution is 2.41. The van der Waals surface area contributed by atoms with Gasteiger partial charge in [-0.15, -0.1) is 0 Å². The van der Waals surface area contributed by atoms with E-state index in [1.807, 2.05) is 60.3 Å². The van der Waals surface area contributed by atoms with Crippen LogP contribution in [0.15, 0.2) is 72.8 Å². The molecule has 0 aliphatic carbocycles. The van der Waals surface area contributed by atoms with Gasteiger partial charge in [-0.3, -0.25) is 0 Å². The van der Waals surface area contributed by atoms with Gasteiger partial charge in [-0.25, -0.2) is 9.59 Å². The Kier molecular flexibility index (Phi) is 14.3. The Hall–Kier alpha value is -5.14. The molecule has 2 aliphatic rings. The third kappa shape index (κ3) is 9.75. The number of halogens is 2. The van der Waals surface area contributed by atoms with Crippen LogP contribution < -0.4 is 28.4 Å². The molecule has 0 aromatic heterocycles. The van der Waals surface area contributed by atoms with Crippen LogP contribution in [0.25, 0.3) is 0 Å². The summed E-state index contributed by atoms with van der Waals surface area (Å²) in [4.78, 5) is 31.1. The Balaban J connectivity index is 1.21. The zero-order valence-corrected chi connectivity index (χ0v) is 35.0. The third-order valence-electron chi connectivity index (χ3n) is 10.3. The molecule has 4 aromatic rings. The predicted octanol–water partition coefficient (Wildman–Crippen LogP) is 7.59. The van der Waals surface area contributed by atoms with E-state index in [4.69, 9.17) is 61.1 Å². The van der Waals surface area contributed by atoms with Crippen LogP contribution in [0.5, 0.6) is 34.5 Å². The van der Waals surface area contributed by atoms with E-state index in [0.29, 0.717) is 94.7 Å². The molecule has 4 aromatic carbocycles. The van der Waals surface area contributed by atoms with E-state index in [0.717, 1.165) is 34.4 Å². The summed E-state index contributed by atoms with van der Waals surface area (Å²) < 4.78 is 47.2. The summed E-state index contributed by atoms with van der Waals surface area (Å²) in [7, 11) is 10.2. The molecule has 308 valence electrons. The van der Waals surface area contributed by atoms with Crippen molar-refractivity contribution in [2.45, 2.75) is 38.3 Å². The van der Waals surface area contributed by atoms with Crippen LogP contribution in [0, 0.1) is 0 Å². The lowest BCUT2D eigenvalue weighted by Crippen LogP contribution is -2.27. The average molecular weight is 836 g/mol. The van der Waals surface area contributed by atoms with E-state index in [2.05, 4.69) is 0 Å². The topological polar surface area (TPSA) is 114 Å². The van der Waals surface area contributed by atoms with Crippen LogP contribution in [0.1, 0.15) is 45.6 Å². The van der Waals surface area contributed by atoms with E-state index in [1.165, 1.54) is 0 Å². The molecule has 0 bridgehead atoms. The molecule has 12 nitrogen and oxygen atoms in total. The van der Waals surface area contributed by atoms with Crippen molar-refractivity contribution in [2.24, 2.45) is 0 Å². The van der Waals surface area contributed by atoms with E-state index in [1.54, 1.807) is 52.7 Å². The Labute approximate surface area is 349 Å². The quantitative estimate of drug-likeness (QED) is 0.0922. The van der Waals surface area contributed by atoms with Crippen molar-refractivity contribution in [2.75, 3.05) is 68.7 Å². The van der Waals surface area contributed by atoms with Crippen molar-refractivity contribution >= 4 is 35.1 Å². The van der Waals surface area contributed by atoms with Gasteiger partial charge in [0.1, 0.15) is 59.9 Å². The fourth-order valence-corrected chi connectivity index (χ4v) is 7.88. The van der Waals surface area contributed by atoms with Crippen LogP contribution in [0.4, 0.5) is 0 Å². The second-order valence-corrected chi connectivity index (χ2v) is 14.8. The SMILES string of the molecule is COc1cccc(OC)c1COc1ccc(Cl)c2c1C(OC(=O)/C=C\C(=O)OC1CN(C)CCc3c(Cl)ccc(OCc4c(OC)cccc4OC)c31)CN(C)CC2. The highest BCUT2D eigenvalue weighted by atomic mass is 35.5. The Morgan fingerprint density at radius 1 is 0.586 bits per heavy atom. The van der Waals surface area contributed by atoms with Gasteiger partial charge in [-0.1, -0.05) is 35.3 Å². The first-order valence-electron chi connectivity index (χ1n) is 18.8. The summed E-state index contributed by atoms with van der Waals surface area (Å²) >= 11 is 13.5. The van der Waals surface area contributed by atoms with Crippen LogP contribution in [-0.4, -0.2) is 90.5 Å². The fraction of sp³-hybridized carbons (Fsp3) is 0.364. The van der Waals surface area contributed by atoms with Crippen molar-refractivity contribution in [3.05, 3.63) is 116 Å². The number of benzene rings is 4. The van der Waals surface area contributed by atoms with Crippen LogP contribution in [0.3, 0.4) is 0 Å². The van der Waals surface area contributed by atoms with Gasteiger partial charge in [0.2, 0.25) is 0 Å². The molecule has 2 heterocycles. The van der Waals surface area contributed by atoms with Gasteiger partial charge in [0, 0.05) is 59.5 Å². The highest BCUT2D eigenvalue weighted by molar-refractivity contribution is 6.31.